The molecule has 1 aromatic carbocycles. The summed E-state index contributed by atoms with van der Waals surface area (Å²) in [6, 6.07) is 4.62. The second-order valence-corrected chi connectivity index (χ2v) is 6.05. The molecule has 0 spiro atoms. The van der Waals surface area contributed by atoms with Gasteiger partial charge >= 0.3 is 6.18 Å². The summed E-state index contributed by atoms with van der Waals surface area (Å²) in [6.45, 7) is 0.0673. The minimum absolute atomic E-state index is 0.0784. The summed E-state index contributed by atoms with van der Waals surface area (Å²) in [4.78, 5) is 13.5. The average Bonchev–Trinajstić information content (AvgIpc) is 2.37. The minimum atomic E-state index is -4.25. The molecule has 1 saturated heterocycles. The van der Waals surface area contributed by atoms with E-state index >= 15 is 0 Å². The number of halogens is 5. The number of piperidine rings is 1. The summed E-state index contributed by atoms with van der Waals surface area (Å²) in [5.41, 5.74) is 0.331. The molecule has 0 N–H and O–H groups in total. The van der Waals surface area contributed by atoms with Gasteiger partial charge in [-0.2, -0.15) is 13.2 Å². The molecule has 1 heterocycles. The van der Waals surface area contributed by atoms with Crippen molar-refractivity contribution >= 4 is 33.4 Å². The highest BCUT2D eigenvalue weighted by Gasteiger charge is 2.42. The zero-order valence-electron chi connectivity index (χ0n) is 10.4. The fourth-order valence-corrected chi connectivity index (χ4v) is 3.11. The third-order valence-electron chi connectivity index (χ3n) is 3.33. The number of likely N-dealkylation sites (tertiary alicyclic amines) is 1. The van der Waals surface area contributed by atoms with E-state index in [1.807, 2.05) is 0 Å². The standard InChI is InChI=1S/C13H12BrClF3NO/c14-11-6-9(15)3-4-10(11)12(20)19-5-1-2-8(7-19)13(16,17)18/h3-4,6,8H,1-2,5,7H2. The van der Waals surface area contributed by atoms with Crippen molar-refractivity contribution in [3.8, 4) is 0 Å². The molecule has 2 rings (SSSR count). The lowest BCUT2D eigenvalue weighted by Gasteiger charge is -2.34. The van der Waals surface area contributed by atoms with Crippen molar-refractivity contribution in [3.63, 3.8) is 0 Å². The van der Waals surface area contributed by atoms with Gasteiger partial charge in [0.1, 0.15) is 0 Å². The third-order valence-corrected chi connectivity index (χ3v) is 4.22. The van der Waals surface area contributed by atoms with Crippen LogP contribution in [0.15, 0.2) is 22.7 Å². The summed E-state index contributed by atoms with van der Waals surface area (Å²) in [5, 5.41) is 0.459. The Morgan fingerprint density at radius 3 is 2.70 bits per heavy atom. The SMILES string of the molecule is O=C(c1ccc(Cl)cc1Br)N1CCCC(C(F)(F)F)C1. The highest BCUT2D eigenvalue weighted by molar-refractivity contribution is 9.10. The molecule has 1 fully saturated rings. The van der Waals surface area contributed by atoms with E-state index in [-0.39, 0.29) is 13.0 Å². The Morgan fingerprint density at radius 1 is 1.40 bits per heavy atom. The van der Waals surface area contributed by atoms with Crippen LogP contribution in [0.25, 0.3) is 0 Å². The van der Waals surface area contributed by atoms with Crippen LogP contribution in [-0.4, -0.2) is 30.1 Å². The van der Waals surface area contributed by atoms with E-state index in [1.54, 1.807) is 12.1 Å². The number of carbonyl (C=O) groups excluding carboxylic acids is 1. The molecule has 110 valence electrons. The summed E-state index contributed by atoms with van der Waals surface area (Å²) in [5.74, 6) is -1.84. The second-order valence-electron chi connectivity index (χ2n) is 4.76. The van der Waals surface area contributed by atoms with Crippen LogP contribution in [0.2, 0.25) is 5.02 Å². The number of benzene rings is 1. The van der Waals surface area contributed by atoms with Gasteiger partial charge in [-0.15, -0.1) is 0 Å². The van der Waals surface area contributed by atoms with Crippen molar-refractivity contribution in [1.29, 1.82) is 0 Å². The lowest BCUT2D eigenvalue weighted by Crippen LogP contribution is -2.44. The Kier molecular flexibility index (Phi) is 4.64. The van der Waals surface area contributed by atoms with Crippen LogP contribution in [0, 0.1) is 5.92 Å². The van der Waals surface area contributed by atoms with Crippen LogP contribution in [0.1, 0.15) is 23.2 Å². The van der Waals surface area contributed by atoms with Crippen LogP contribution in [0.5, 0.6) is 0 Å². The molecule has 0 bridgehead atoms. The third kappa shape index (κ3) is 3.47. The van der Waals surface area contributed by atoms with Crippen molar-refractivity contribution in [1.82, 2.24) is 4.90 Å². The van der Waals surface area contributed by atoms with E-state index < -0.39 is 18.0 Å². The number of alkyl halides is 3. The summed E-state index contributed by atoms with van der Waals surface area (Å²) in [6.07, 6.45) is -3.81. The molecule has 1 unspecified atom stereocenters. The van der Waals surface area contributed by atoms with Crippen LogP contribution in [-0.2, 0) is 0 Å². The number of nitrogens with zero attached hydrogens (tertiary/aromatic N) is 1. The maximum Gasteiger partial charge on any atom is 0.393 e. The number of hydrogen-bond donors (Lipinski definition) is 0. The molecule has 1 aliphatic rings. The molecule has 1 aromatic rings. The lowest BCUT2D eigenvalue weighted by molar-refractivity contribution is -0.184. The van der Waals surface area contributed by atoms with E-state index in [4.69, 9.17) is 11.6 Å². The monoisotopic (exact) mass is 369 g/mol. The van der Waals surface area contributed by atoms with Crippen molar-refractivity contribution in [2.75, 3.05) is 13.1 Å². The molecule has 20 heavy (non-hydrogen) atoms. The first-order valence-electron chi connectivity index (χ1n) is 6.10. The molecule has 2 nitrogen and oxygen atoms in total. The molecule has 1 aliphatic heterocycles. The average molecular weight is 371 g/mol. The van der Waals surface area contributed by atoms with Gasteiger partial charge in [0.25, 0.3) is 5.91 Å². The van der Waals surface area contributed by atoms with Gasteiger partial charge in [0.2, 0.25) is 0 Å². The Balaban J connectivity index is 2.16. The summed E-state index contributed by atoms with van der Waals surface area (Å²) >= 11 is 9.00. The molecule has 0 aliphatic carbocycles. The maximum absolute atomic E-state index is 12.7. The number of carbonyl (C=O) groups is 1. The fraction of sp³-hybridized carbons (Fsp3) is 0.462. The van der Waals surface area contributed by atoms with E-state index in [9.17, 15) is 18.0 Å². The highest BCUT2D eigenvalue weighted by Crippen LogP contribution is 2.34. The van der Waals surface area contributed by atoms with Gasteiger partial charge in [0, 0.05) is 22.6 Å². The van der Waals surface area contributed by atoms with Gasteiger partial charge in [-0.25, -0.2) is 0 Å². The summed E-state index contributed by atoms with van der Waals surface area (Å²) in [7, 11) is 0. The number of amides is 1. The first kappa shape index (κ1) is 15.6. The molecule has 0 saturated carbocycles. The van der Waals surface area contributed by atoms with Gasteiger partial charge < -0.3 is 4.90 Å². The largest absolute Gasteiger partial charge is 0.393 e. The molecule has 0 radical (unpaired) electrons. The minimum Gasteiger partial charge on any atom is -0.338 e. The fourth-order valence-electron chi connectivity index (χ4n) is 2.26. The Hall–Kier alpha value is -0.750. The van der Waals surface area contributed by atoms with Crippen molar-refractivity contribution in [3.05, 3.63) is 33.3 Å². The quantitative estimate of drug-likeness (QED) is 0.712. The molecular formula is C13H12BrClF3NO. The lowest BCUT2D eigenvalue weighted by atomic mass is 9.97. The van der Waals surface area contributed by atoms with Gasteiger partial charge in [-0.3, -0.25) is 4.79 Å². The van der Waals surface area contributed by atoms with Gasteiger partial charge in [-0.1, -0.05) is 11.6 Å². The smallest absolute Gasteiger partial charge is 0.338 e. The highest BCUT2D eigenvalue weighted by atomic mass is 79.9. The van der Waals surface area contributed by atoms with Gasteiger partial charge in [0.15, 0.2) is 0 Å². The van der Waals surface area contributed by atoms with Crippen LogP contribution in [0.3, 0.4) is 0 Å². The molecule has 1 amide bonds. The molecule has 0 aromatic heterocycles. The zero-order valence-corrected chi connectivity index (χ0v) is 12.7. The van der Waals surface area contributed by atoms with Crippen LogP contribution < -0.4 is 0 Å². The Bertz CT molecular complexity index is 521. The predicted molar refractivity (Wildman–Crippen MR) is 73.8 cm³/mol. The van der Waals surface area contributed by atoms with E-state index in [2.05, 4.69) is 15.9 Å². The van der Waals surface area contributed by atoms with Crippen LogP contribution in [0.4, 0.5) is 13.2 Å². The van der Waals surface area contributed by atoms with Gasteiger partial charge in [-0.05, 0) is 47.0 Å². The Labute approximate surface area is 128 Å². The predicted octanol–water partition coefficient (Wildman–Crippen LogP) is 4.52. The van der Waals surface area contributed by atoms with Crippen LogP contribution >= 0.6 is 27.5 Å². The molecule has 1 atom stereocenters. The number of hydrogen-bond acceptors (Lipinski definition) is 1. The topological polar surface area (TPSA) is 20.3 Å². The first-order chi connectivity index (χ1) is 9.29. The molecular weight excluding hydrogens is 359 g/mol. The first-order valence-corrected chi connectivity index (χ1v) is 7.27. The van der Waals surface area contributed by atoms with Crippen molar-refractivity contribution in [2.24, 2.45) is 5.92 Å². The summed E-state index contributed by atoms with van der Waals surface area (Å²) < 4.78 is 38.7. The molecule has 7 heteroatoms. The Morgan fingerprint density at radius 2 is 2.10 bits per heavy atom. The van der Waals surface area contributed by atoms with Crippen molar-refractivity contribution in [2.45, 2.75) is 19.0 Å². The zero-order chi connectivity index (χ0) is 14.9. The number of rotatable bonds is 1. The van der Waals surface area contributed by atoms with E-state index in [0.717, 1.165) is 0 Å². The normalized spacial score (nSPS) is 20.1. The van der Waals surface area contributed by atoms with Gasteiger partial charge in [0.05, 0.1) is 11.5 Å². The second kappa shape index (κ2) is 5.93. The van der Waals surface area contributed by atoms with E-state index in [1.165, 1.54) is 11.0 Å². The van der Waals surface area contributed by atoms with E-state index in [0.29, 0.717) is 28.0 Å². The van der Waals surface area contributed by atoms with Crippen molar-refractivity contribution < 1.29 is 18.0 Å². The maximum atomic E-state index is 12.7.